The molecule has 7 nitrogen and oxygen atoms in total. The molecule has 1 fully saturated rings. The molecule has 0 aliphatic carbocycles. The summed E-state index contributed by atoms with van der Waals surface area (Å²) < 4.78 is 51.2. The van der Waals surface area contributed by atoms with Gasteiger partial charge < -0.3 is 4.90 Å². The van der Waals surface area contributed by atoms with Crippen molar-refractivity contribution in [2.24, 2.45) is 0 Å². The minimum atomic E-state index is -3.80. The molecule has 0 N–H and O–H groups in total. The van der Waals surface area contributed by atoms with Crippen molar-refractivity contribution < 1.29 is 21.6 Å². The Morgan fingerprint density at radius 1 is 1.14 bits per heavy atom. The Labute approximate surface area is 170 Å². The first-order valence-corrected chi connectivity index (χ1v) is 12.6. The molecular formula is C20H22N2O5S2. The average Bonchev–Trinajstić information content (AvgIpc) is 3.30. The number of rotatable bonds is 4. The Kier molecular flexibility index (Phi) is 4.90. The maximum absolute atomic E-state index is 13.2. The third-order valence-corrected chi connectivity index (χ3v) is 9.15. The predicted octanol–water partition coefficient (Wildman–Crippen LogP) is 1.70. The number of anilines is 1. The highest BCUT2D eigenvalue weighted by atomic mass is 32.2. The molecule has 2 aliphatic heterocycles. The van der Waals surface area contributed by atoms with Crippen molar-refractivity contribution in [2.45, 2.75) is 23.8 Å². The van der Waals surface area contributed by atoms with Gasteiger partial charge in [-0.15, -0.1) is 0 Å². The first-order chi connectivity index (χ1) is 13.7. The summed E-state index contributed by atoms with van der Waals surface area (Å²) in [5.74, 6) is -0.374. The molecule has 2 aromatic rings. The van der Waals surface area contributed by atoms with Crippen molar-refractivity contribution in [3.05, 3.63) is 59.7 Å². The highest BCUT2D eigenvalue weighted by Gasteiger charge is 2.34. The standard InChI is InChI=1S/C20H22N2O5S2/c1-21(17-10-12-28(24,25)14-17)20(23)16-6-4-7-18(13-16)29(26,27)22-11-9-15-5-2-3-8-19(15)22/h2-8,13,17H,9-12,14H2,1H3. The number of amides is 1. The van der Waals surface area contributed by atoms with Crippen LogP contribution in [0.2, 0.25) is 0 Å². The second-order valence-corrected chi connectivity index (χ2v) is 11.5. The maximum Gasteiger partial charge on any atom is 0.264 e. The van der Waals surface area contributed by atoms with Crippen LogP contribution in [0.25, 0.3) is 0 Å². The molecule has 1 saturated heterocycles. The number of hydrogen-bond acceptors (Lipinski definition) is 5. The van der Waals surface area contributed by atoms with Crippen LogP contribution in [0.15, 0.2) is 53.4 Å². The number of benzene rings is 2. The van der Waals surface area contributed by atoms with Gasteiger partial charge in [0.15, 0.2) is 9.84 Å². The van der Waals surface area contributed by atoms with Crippen molar-refractivity contribution in [1.29, 1.82) is 0 Å². The summed E-state index contributed by atoms with van der Waals surface area (Å²) in [6.07, 6.45) is 1.04. The molecule has 0 aromatic heterocycles. The first kappa shape index (κ1) is 19.9. The maximum atomic E-state index is 13.2. The van der Waals surface area contributed by atoms with Gasteiger partial charge in [0.1, 0.15) is 0 Å². The summed E-state index contributed by atoms with van der Waals surface area (Å²) in [6.45, 7) is 0.361. The fourth-order valence-electron chi connectivity index (χ4n) is 3.92. The van der Waals surface area contributed by atoms with Crippen LogP contribution in [-0.4, -0.2) is 58.8 Å². The third kappa shape index (κ3) is 3.64. The summed E-state index contributed by atoms with van der Waals surface area (Å²) >= 11 is 0. The molecule has 2 aliphatic rings. The highest BCUT2D eigenvalue weighted by molar-refractivity contribution is 7.93. The average molecular weight is 435 g/mol. The third-order valence-electron chi connectivity index (χ3n) is 5.59. The van der Waals surface area contributed by atoms with E-state index in [1.54, 1.807) is 31.3 Å². The quantitative estimate of drug-likeness (QED) is 0.730. The van der Waals surface area contributed by atoms with Crippen molar-refractivity contribution >= 4 is 31.5 Å². The lowest BCUT2D eigenvalue weighted by Crippen LogP contribution is -2.38. The van der Waals surface area contributed by atoms with E-state index in [2.05, 4.69) is 0 Å². The molecule has 9 heteroatoms. The number of fused-ring (bicyclic) bond motifs is 1. The van der Waals surface area contributed by atoms with Crippen LogP contribution in [0.3, 0.4) is 0 Å². The van der Waals surface area contributed by atoms with E-state index in [0.717, 1.165) is 5.56 Å². The molecule has 29 heavy (non-hydrogen) atoms. The van der Waals surface area contributed by atoms with Gasteiger partial charge in [-0.1, -0.05) is 24.3 Å². The monoisotopic (exact) mass is 434 g/mol. The number of carbonyl (C=O) groups is 1. The fourth-order valence-corrected chi connectivity index (χ4v) is 7.25. The Morgan fingerprint density at radius 2 is 1.90 bits per heavy atom. The van der Waals surface area contributed by atoms with Gasteiger partial charge in [-0.2, -0.15) is 0 Å². The molecule has 0 spiro atoms. The molecule has 2 aromatic carbocycles. The topological polar surface area (TPSA) is 91.8 Å². The van der Waals surface area contributed by atoms with Gasteiger partial charge in [-0.25, -0.2) is 16.8 Å². The molecule has 0 saturated carbocycles. The van der Waals surface area contributed by atoms with E-state index in [1.165, 1.54) is 21.3 Å². The van der Waals surface area contributed by atoms with Gasteiger partial charge in [-0.05, 0) is 42.7 Å². The van der Waals surface area contributed by atoms with E-state index in [1.807, 2.05) is 12.1 Å². The van der Waals surface area contributed by atoms with Crippen molar-refractivity contribution in [3.63, 3.8) is 0 Å². The minimum Gasteiger partial charge on any atom is -0.338 e. The lowest BCUT2D eigenvalue weighted by atomic mass is 10.1. The zero-order chi connectivity index (χ0) is 20.8. The van der Waals surface area contributed by atoms with Crippen LogP contribution >= 0.6 is 0 Å². The number of sulfonamides is 1. The van der Waals surface area contributed by atoms with Crippen LogP contribution in [-0.2, 0) is 26.3 Å². The van der Waals surface area contributed by atoms with E-state index < -0.39 is 25.9 Å². The van der Waals surface area contributed by atoms with E-state index in [9.17, 15) is 21.6 Å². The van der Waals surface area contributed by atoms with Gasteiger partial charge in [0.25, 0.3) is 15.9 Å². The Balaban J connectivity index is 1.61. The summed E-state index contributed by atoms with van der Waals surface area (Å²) in [7, 11) is -5.37. The van der Waals surface area contributed by atoms with Gasteiger partial charge in [0, 0.05) is 25.2 Å². The van der Waals surface area contributed by atoms with Gasteiger partial charge in [-0.3, -0.25) is 9.10 Å². The van der Waals surface area contributed by atoms with Crippen LogP contribution in [0.1, 0.15) is 22.3 Å². The fraction of sp³-hybridized carbons (Fsp3) is 0.350. The summed E-state index contributed by atoms with van der Waals surface area (Å²) in [5, 5.41) is 0. The van der Waals surface area contributed by atoms with Crippen LogP contribution in [0.5, 0.6) is 0 Å². The zero-order valence-corrected chi connectivity index (χ0v) is 17.6. The van der Waals surface area contributed by atoms with Gasteiger partial charge in [0.2, 0.25) is 0 Å². The minimum absolute atomic E-state index is 0.0486. The number of sulfone groups is 1. The molecular weight excluding hydrogens is 412 g/mol. The largest absolute Gasteiger partial charge is 0.338 e. The molecule has 1 unspecified atom stereocenters. The van der Waals surface area contributed by atoms with Crippen molar-refractivity contribution in [2.75, 3.05) is 29.4 Å². The molecule has 2 heterocycles. The highest BCUT2D eigenvalue weighted by Crippen LogP contribution is 2.33. The number of hydrogen-bond donors (Lipinski definition) is 0. The van der Waals surface area contributed by atoms with E-state index in [-0.39, 0.29) is 27.9 Å². The predicted molar refractivity (Wildman–Crippen MR) is 110 cm³/mol. The van der Waals surface area contributed by atoms with E-state index in [0.29, 0.717) is 25.1 Å². The van der Waals surface area contributed by atoms with Gasteiger partial charge >= 0.3 is 0 Å². The Bertz CT molecular complexity index is 1170. The summed E-state index contributed by atoms with van der Waals surface area (Å²) in [6, 6.07) is 12.9. The lowest BCUT2D eigenvalue weighted by molar-refractivity contribution is 0.0747. The van der Waals surface area contributed by atoms with E-state index in [4.69, 9.17) is 0 Å². The molecule has 1 amide bonds. The molecule has 4 rings (SSSR count). The summed E-state index contributed by atoms with van der Waals surface area (Å²) in [4.78, 5) is 14.3. The number of carbonyl (C=O) groups excluding carboxylic acids is 1. The molecule has 1 atom stereocenters. The number of para-hydroxylation sites is 1. The van der Waals surface area contributed by atoms with Crippen LogP contribution in [0.4, 0.5) is 5.69 Å². The second kappa shape index (κ2) is 7.14. The SMILES string of the molecule is CN(C(=O)c1cccc(S(=O)(=O)N2CCc3ccccc32)c1)C1CCS(=O)(=O)C1. The normalized spacial score (nSPS) is 20.4. The van der Waals surface area contributed by atoms with Gasteiger partial charge in [0.05, 0.1) is 22.1 Å². The number of nitrogens with zero attached hydrogens (tertiary/aromatic N) is 2. The van der Waals surface area contributed by atoms with Crippen molar-refractivity contribution in [3.8, 4) is 0 Å². The first-order valence-electron chi connectivity index (χ1n) is 9.37. The Morgan fingerprint density at radius 3 is 2.62 bits per heavy atom. The van der Waals surface area contributed by atoms with Crippen LogP contribution < -0.4 is 4.31 Å². The molecule has 0 radical (unpaired) electrons. The zero-order valence-electron chi connectivity index (χ0n) is 16.0. The lowest BCUT2D eigenvalue weighted by Gasteiger charge is -2.24. The van der Waals surface area contributed by atoms with E-state index >= 15 is 0 Å². The van der Waals surface area contributed by atoms with Crippen LogP contribution in [0, 0.1) is 0 Å². The second-order valence-electron chi connectivity index (χ2n) is 7.46. The van der Waals surface area contributed by atoms with Crippen molar-refractivity contribution in [1.82, 2.24) is 4.90 Å². The molecule has 154 valence electrons. The smallest absolute Gasteiger partial charge is 0.264 e. The summed E-state index contributed by atoms with van der Waals surface area (Å²) in [5.41, 5.74) is 1.87. The molecule has 0 bridgehead atoms. The Hall–Kier alpha value is -2.39.